The highest BCUT2D eigenvalue weighted by molar-refractivity contribution is 5.89. The number of nitrogens with zero attached hydrogens (tertiary/aromatic N) is 3. The van der Waals surface area contributed by atoms with E-state index in [1.807, 2.05) is 11.6 Å². The standard InChI is InChI=1S/C13H15N3O2/c1-13(4-5-13)10-6-8-11(16(10)2)15-9(7-14-8)12(17)18-3/h6-7H,4-5H2,1-3H3. The summed E-state index contributed by atoms with van der Waals surface area (Å²) in [6, 6.07) is 2.07. The van der Waals surface area contributed by atoms with Crippen LogP contribution in [0.2, 0.25) is 0 Å². The number of aryl methyl sites for hydroxylation is 1. The molecule has 0 aliphatic heterocycles. The fraction of sp³-hybridized carbons (Fsp3) is 0.462. The van der Waals surface area contributed by atoms with Crippen LogP contribution in [-0.2, 0) is 17.2 Å². The van der Waals surface area contributed by atoms with Crippen LogP contribution >= 0.6 is 0 Å². The van der Waals surface area contributed by atoms with Crippen molar-refractivity contribution in [2.24, 2.45) is 7.05 Å². The number of carbonyl (C=O) groups excluding carboxylic acids is 1. The number of carbonyl (C=O) groups is 1. The van der Waals surface area contributed by atoms with E-state index in [2.05, 4.69) is 27.7 Å². The van der Waals surface area contributed by atoms with Crippen molar-refractivity contribution in [3.05, 3.63) is 23.7 Å². The number of rotatable bonds is 2. The molecular formula is C13H15N3O2. The van der Waals surface area contributed by atoms with E-state index in [0.717, 1.165) is 11.2 Å². The first-order valence-electron chi connectivity index (χ1n) is 5.96. The summed E-state index contributed by atoms with van der Waals surface area (Å²) in [5, 5.41) is 0. The number of esters is 1. The highest BCUT2D eigenvalue weighted by Gasteiger charge is 2.41. The molecule has 5 nitrogen and oxygen atoms in total. The van der Waals surface area contributed by atoms with Crippen LogP contribution < -0.4 is 0 Å². The molecule has 0 bridgehead atoms. The maximum atomic E-state index is 11.5. The van der Waals surface area contributed by atoms with E-state index in [4.69, 9.17) is 0 Å². The van der Waals surface area contributed by atoms with Crippen molar-refractivity contribution in [3.8, 4) is 0 Å². The van der Waals surface area contributed by atoms with Crippen molar-refractivity contribution < 1.29 is 9.53 Å². The SMILES string of the molecule is COC(=O)c1cnc2cc(C3(C)CC3)n(C)c2n1. The first kappa shape index (κ1) is 11.2. The van der Waals surface area contributed by atoms with Gasteiger partial charge in [-0.1, -0.05) is 6.92 Å². The van der Waals surface area contributed by atoms with Crippen LogP contribution in [-0.4, -0.2) is 27.6 Å². The maximum absolute atomic E-state index is 11.5. The molecule has 5 heteroatoms. The molecule has 1 fully saturated rings. The fourth-order valence-corrected chi connectivity index (χ4v) is 2.30. The molecular weight excluding hydrogens is 230 g/mol. The van der Waals surface area contributed by atoms with Crippen LogP contribution in [0.5, 0.6) is 0 Å². The van der Waals surface area contributed by atoms with Gasteiger partial charge in [-0.15, -0.1) is 0 Å². The average molecular weight is 245 g/mol. The zero-order valence-corrected chi connectivity index (χ0v) is 10.7. The summed E-state index contributed by atoms with van der Waals surface area (Å²) in [6.45, 7) is 2.24. The van der Waals surface area contributed by atoms with Crippen molar-refractivity contribution in [1.82, 2.24) is 14.5 Å². The van der Waals surface area contributed by atoms with Gasteiger partial charge < -0.3 is 9.30 Å². The largest absolute Gasteiger partial charge is 0.464 e. The fourth-order valence-electron chi connectivity index (χ4n) is 2.30. The van der Waals surface area contributed by atoms with Gasteiger partial charge in [0.15, 0.2) is 11.3 Å². The van der Waals surface area contributed by atoms with E-state index >= 15 is 0 Å². The second-order valence-electron chi connectivity index (χ2n) is 5.10. The van der Waals surface area contributed by atoms with Crippen LogP contribution in [0.4, 0.5) is 0 Å². The number of hydrogen-bond donors (Lipinski definition) is 0. The summed E-state index contributed by atoms with van der Waals surface area (Å²) >= 11 is 0. The quantitative estimate of drug-likeness (QED) is 0.757. The molecule has 3 rings (SSSR count). The summed E-state index contributed by atoms with van der Waals surface area (Å²) < 4.78 is 6.69. The highest BCUT2D eigenvalue weighted by Crippen LogP contribution is 2.48. The molecule has 0 atom stereocenters. The predicted octanol–water partition coefficient (Wildman–Crippen LogP) is 1.81. The van der Waals surface area contributed by atoms with E-state index in [0.29, 0.717) is 0 Å². The molecule has 0 amide bonds. The minimum absolute atomic E-state index is 0.249. The van der Waals surface area contributed by atoms with Crippen molar-refractivity contribution in [2.45, 2.75) is 25.2 Å². The van der Waals surface area contributed by atoms with Crippen molar-refractivity contribution in [3.63, 3.8) is 0 Å². The molecule has 1 aliphatic carbocycles. The van der Waals surface area contributed by atoms with E-state index in [1.54, 1.807) is 0 Å². The van der Waals surface area contributed by atoms with Gasteiger partial charge in [0, 0.05) is 18.2 Å². The Morgan fingerprint density at radius 3 is 2.83 bits per heavy atom. The van der Waals surface area contributed by atoms with Gasteiger partial charge in [0.05, 0.1) is 13.3 Å². The van der Waals surface area contributed by atoms with Gasteiger partial charge in [0.1, 0.15) is 5.52 Å². The van der Waals surface area contributed by atoms with Crippen LogP contribution in [0.25, 0.3) is 11.2 Å². The van der Waals surface area contributed by atoms with Gasteiger partial charge >= 0.3 is 5.97 Å². The molecule has 0 radical (unpaired) electrons. The second-order valence-corrected chi connectivity index (χ2v) is 5.10. The predicted molar refractivity (Wildman–Crippen MR) is 66.4 cm³/mol. The topological polar surface area (TPSA) is 57.0 Å². The normalized spacial score (nSPS) is 16.8. The summed E-state index contributed by atoms with van der Waals surface area (Å²) in [7, 11) is 3.31. The Balaban J connectivity index is 2.16. The zero-order chi connectivity index (χ0) is 12.9. The highest BCUT2D eigenvalue weighted by atomic mass is 16.5. The molecule has 2 aromatic heterocycles. The molecule has 0 unspecified atom stereocenters. The number of ether oxygens (including phenoxy) is 1. The van der Waals surface area contributed by atoms with Gasteiger partial charge in [-0.3, -0.25) is 4.98 Å². The molecule has 2 aromatic rings. The number of methoxy groups -OCH3 is 1. The Morgan fingerprint density at radius 2 is 2.22 bits per heavy atom. The van der Waals surface area contributed by atoms with Gasteiger partial charge in [0.2, 0.25) is 0 Å². The lowest BCUT2D eigenvalue weighted by Crippen LogP contribution is -2.09. The smallest absolute Gasteiger partial charge is 0.358 e. The third-order valence-electron chi connectivity index (χ3n) is 3.75. The average Bonchev–Trinajstić information content (AvgIpc) is 3.04. The Morgan fingerprint density at radius 1 is 1.50 bits per heavy atom. The molecule has 94 valence electrons. The summed E-state index contributed by atoms with van der Waals surface area (Å²) in [4.78, 5) is 20.1. The summed E-state index contributed by atoms with van der Waals surface area (Å²) in [5.74, 6) is -0.454. The van der Waals surface area contributed by atoms with Crippen LogP contribution in [0.3, 0.4) is 0 Å². The van der Waals surface area contributed by atoms with E-state index < -0.39 is 5.97 Å². The van der Waals surface area contributed by atoms with E-state index in [-0.39, 0.29) is 11.1 Å². The molecule has 1 aliphatic rings. The van der Waals surface area contributed by atoms with Gasteiger partial charge in [-0.2, -0.15) is 0 Å². The Kier molecular flexibility index (Phi) is 2.20. The van der Waals surface area contributed by atoms with Crippen molar-refractivity contribution in [2.75, 3.05) is 7.11 Å². The van der Waals surface area contributed by atoms with Gasteiger partial charge in [-0.25, -0.2) is 9.78 Å². The number of fused-ring (bicyclic) bond motifs is 1. The van der Waals surface area contributed by atoms with Crippen molar-refractivity contribution >= 4 is 17.1 Å². The van der Waals surface area contributed by atoms with Gasteiger partial charge in [0.25, 0.3) is 0 Å². The minimum Gasteiger partial charge on any atom is -0.464 e. The minimum atomic E-state index is -0.454. The lowest BCUT2D eigenvalue weighted by molar-refractivity contribution is 0.0594. The summed E-state index contributed by atoms with van der Waals surface area (Å²) in [5.41, 5.74) is 3.30. The lowest BCUT2D eigenvalue weighted by atomic mass is 10.1. The molecule has 0 saturated heterocycles. The number of aromatic nitrogens is 3. The Hall–Kier alpha value is -1.91. The van der Waals surface area contributed by atoms with E-state index in [9.17, 15) is 4.79 Å². The first-order chi connectivity index (χ1) is 8.55. The zero-order valence-electron chi connectivity index (χ0n) is 10.7. The molecule has 18 heavy (non-hydrogen) atoms. The molecule has 0 spiro atoms. The molecule has 1 saturated carbocycles. The summed E-state index contributed by atoms with van der Waals surface area (Å²) in [6.07, 6.45) is 3.86. The number of hydrogen-bond acceptors (Lipinski definition) is 4. The third-order valence-corrected chi connectivity index (χ3v) is 3.75. The Bertz CT molecular complexity index is 641. The van der Waals surface area contributed by atoms with Crippen LogP contribution in [0.15, 0.2) is 12.3 Å². The first-order valence-corrected chi connectivity index (χ1v) is 5.96. The monoisotopic (exact) mass is 245 g/mol. The van der Waals surface area contributed by atoms with Crippen molar-refractivity contribution in [1.29, 1.82) is 0 Å². The second kappa shape index (κ2) is 3.54. The lowest BCUT2D eigenvalue weighted by Gasteiger charge is -2.09. The van der Waals surface area contributed by atoms with E-state index in [1.165, 1.54) is 31.8 Å². The van der Waals surface area contributed by atoms with Gasteiger partial charge in [-0.05, 0) is 18.9 Å². The molecule has 2 heterocycles. The van der Waals surface area contributed by atoms with Crippen LogP contribution in [0, 0.1) is 0 Å². The van der Waals surface area contributed by atoms with Crippen LogP contribution in [0.1, 0.15) is 35.9 Å². The maximum Gasteiger partial charge on any atom is 0.358 e. The molecule has 0 N–H and O–H groups in total. The molecule has 0 aromatic carbocycles. The Labute approximate surface area is 105 Å². The third kappa shape index (κ3) is 1.50.